The largest absolute Gasteiger partial charge is 0.468 e. The Kier molecular flexibility index (Phi) is 3.25. The van der Waals surface area contributed by atoms with E-state index >= 15 is 0 Å². The Morgan fingerprint density at radius 2 is 2.46 bits per heavy atom. The van der Waals surface area contributed by atoms with Crippen molar-refractivity contribution in [3.63, 3.8) is 0 Å². The number of hydrogen-bond donors (Lipinski definition) is 0. The first-order valence-corrected chi connectivity index (χ1v) is 4.47. The highest BCUT2D eigenvalue weighted by Crippen LogP contribution is 2.35. The predicted molar refractivity (Wildman–Crippen MR) is 45.1 cm³/mol. The summed E-state index contributed by atoms with van der Waals surface area (Å²) in [6.07, 6.45) is -0.442. The third-order valence-corrected chi connectivity index (χ3v) is 2.70. The molecule has 13 heavy (non-hydrogen) atoms. The summed E-state index contributed by atoms with van der Waals surface area (Å²) in [5.74, 6) is -0.498. The number of rotatable bonds is 2. The zero-order valence-corrected chi connectivity index (χ0v) is 8.01. The lowest BCUT2D eigenvalue weighted by molar-refractivity contribution is -0.169. The van der Waals surface area contributed by atoms with E-state index in [0.717, 1.165) is 0 Å². The Balaban J connectivity index is 2.82. The fourth-order valence-corrected chi connectivity index (χ4v) is 1.67. The van der Waals surface area contributed by atoms with Gasteiger partial charge in [0, 0.05) is 13.0 Å². The van der Waals surface area contributed by atoms with Crippen LogP contribution in [0.25, 0.3) is 0 Å². The summed E-state index contributed by atoms with van der Waals surface area (Å²) in [5, 5.41) is 0. The molecule has 0 spiro atoms. The molecule has 2 unspecified atom stereocenters. The molecule has 1 heterocycles. The van der Waals surface area contributed by atoms with Gasteiger partial charge in [0.1, 0.15) is 11.6 Å². The smallest absolute Gasteiger partial charge is 0.317 e. The molecule has 0 aliphatic carbocycles. The van der Waals surface area contributed by atoms with Crippen LogP contribution in [0.15, 0.2) is 0 Å². The Bertz CT molecular complexity index is 195. The minimum atomic E-state index is -1.14. The van der Waals surface area contributed by atoms with E-state index in [1.165, 1.54) is 7.11 Å². The van der Waals surface area contributed by atoms with Gasteiger partial charge in [-0.25, -0.2) is 4.39 Å². The molecule has 0 aromatic rings. The minimum absolute atomic E-state index is 0.136. The second kappa shape index (κ2) is 4.05. The normalized spacial score (nSPS) is 34.2. The van der Waals surface area contributed by atoms with Crippen LogP contribution in [-0.2, 0) is 14.3 Å². The second-order valence-corrected chi connectivity index (χ2v) is 3.31. The van der Waals surface area contributed by atoms with Gasteiger partial charge in [-0.2, -0.15) is 0 Å². The van der Waals surface area contributed by atoms with Crippen LogP contribution in [0, 0.1) is 5.41 Å². The molecular formula is C9H15FO3. The SMILES string of the molecule is CCC1(C(=O)OC)COCCC1F. The van der Waals surface area contributed by atoms with Gasteiger partial charge in [-0.1, -0.05) is 6.92 Å². The van der Waals surface area contributed by atoms with Crippen LogP contribution in [0.2, 0.25) is 0 Å². The van der Waals surface area contributed by atoms with Gasteiger partial charge >= 0.3 is 5.97 Å². The van der Waals surface area contributed by atoms with Crippen LogP contribution >= 0.6 is 0 Å². The van der Waals surface area contributed by atoms with Crippen LogP contribution in [-0.4, -0.2) is 32.5 Å². The molecule has 1 saturated heterocycles. The highest BCUT2D eigenvalue weighted by Gasteiger charge is 2.48. The molecule has 2 atom stereocenters. The molecule has 1 fully saturated rings. The molecule has 0 aromatic carbocycles. The molecule has 3 nitrogen and oxygen atoms in total. The Labute approximate surface area is 77.2 Å². The summed E-state index contributed by atoms with van der Waals surface area (Å²) < 4.78 is 23.3. The molecule has 1 aliphatic heterocycles. The Morgan fingerprint density at radius 3 is 2.92 bits per heavy atom. The zero-order chi connectivity index (χ0) is 9.90. The summed E-state index contributed by atoms with van der Waals surface area (Å²) in [6.45, 7) is 2.30. The molecule has 0 amide bonds. The standard InChI is InChI=1S/C9H15FO3/c1-3-9(8(11)12-2)6-13-5-4-7(9)10/h7H,3-6H2,1-2H3. The topological polar surface area (TPSA) is 35.5 Å². The van der Waals surface area contributed by atoms with Crippen molar-refractivity contribution in [3.05, 3.63) is 0 Å². The van der Waals surface area contributed by atoms with E-state index in [1.54, 1.807) is 6.92 Å². The van der Waals surface area contributed by atoms with Gasteiger partial charge < -0.3 is 9.47 Å². The third-order valence-electron chi connectivity index (χ3n) is 2.70. The monoisotopic (exact) mass is 190 g/mol. The van der Waals surface area contributed by atoms with E-state index in [2.05, 4.69) is 4.74 Å². The Morgan fingerprint density at radius 1 is 1.77 bits per heavy atom. The number of methoxy groups -OCH3 is 1. The van der Waals surface area contributed by atoms with Gasteiger partial charge in [0.2, 0.25) is 0 Å². The number of halogens is 1. The van der Waals surface area contributed by atoms with Crippen molar-refractivity contribution in [1.29, 1.82) is 0 Å². The van der Waals surface area contributed by atoms with Crippen molar-refractivity contribution in [2.75, 3.05) is 20.3 Å². The average Bonchev–Trinajstić information content (AvgIpc) is 2.18. The van der Waals surface area contributed by atoms with Crippen LogP contribution in [0.1, 0.15) is 19.8 Å². The lowest BCUT2D eigenvalue weighted by atomic mass is 9.78. The highest BCUT2D eigenvalue weighted by atomic mass is 19.1. The first kappa shape index (κ1) is 10.4. The van der Waals surface area contributed by atoms with E-state index < -0.39 is 17.6 Å². The van der Waals surface area contributed by atoms with Crippen LogP contribution in [0.4, 0.5) is 4.39 Å². The molecule has 4 heteroatoms. The summed E-state index contributed by atoms with van der Waals surface area (Å²) in [4.78, 5) is 11.4. The maximum Gasteiger partial charge on any atom is 0.317 e. The highest BCUT2D eigenvalue weighted by molar-refractivity contribution is 5.77. The molecule has 1 aliphatic rings. The number of ether oxygens (including phenoxy) is 2. The maximum absolute atomic E-state index is 13.6. The van der Waals surface area contributed by atoms with Crippen molar-refractivity contribution in [2.24, 2.45) is 5.41 Å². The summed E-state index contributed by atoms with van der Waals surface area (Å²) in [5.41, 5.74) is -1.06. The molecule has 0 N–H and O–H groups in total. The number of carbonyl (C=O) groups is 1. The minimum Gasteiger partial charge on any atom is -0.468 e. The van der Waals surface area contributed by atoms with Crippen molar-refractivity contribution >= 4 is 5.97 Å². The van der Waals surface area contributed by atoms with Crippen molar-refractivity contribution in [2.45, 2.75) is 25.9 Å². The van der Waals surface area contributed by atoms with Gasteiger partial charge in [0.25, 0.3) is 0 Å². The van der Waals surface area contributed by atoms with E-state index in [-0.39, 0.29) is 13.0 Å². The fraction of sp³-hybridized carbons (Fsp3) is 0.889. The molecule has 0 saturated carbocycles. The lowest BCUT2D eigenvalue weighted by Crippen LogP contribution is -2.48. The van der Waals surface area contributed by atoms with E-state index in [1.807, 2.05) is 0 Å². The van der Waals surface area contributed by atoms with Crippen molar-refractivity contribution < 1.29 is 18.7 Å². The maximum atomic E-state index is 13.6. The summed E-state index contributed by atoms with van der Waals surface area (Å²) in [7, 11) is 1.28. The average molecular weight is 190 g/mol. The molecule has 0 radical (unpaired) electrons. The van der Waals surface area contributed by atoms with Crippen molar-refractivity contribution in [3.8, 4) is 0 Å². The van der Waals surface area contributed by atoms with E-state index in [9.17, 15) is 9.18 Å². The molecule has 0 bridgehead atoms. The summed E-state index contributed by atoms with van der Waals surface area (Å²) in [6, 6.07) is 0. The number of esters is 1. The van der Waals surface area contributed by atoms with Crippen LogP contribution < -0.4 is 0 Å². The third kappa shape index (κ3) is 1.68. The molecular weight excluding hydrogens is 175 g/mol. The van der Waals surface area contributed by atoms with Crippen LogP contribution in [0.5, 0.6) is 0 Å². The molecule has 76 valence electrons. The summed E-state index contributed by atoms with van der Waals surface area (Å²) >= 11 is 0. The number of alkyl halides is 1. The van der Waals surface area contributed by atoms with Gasteiger partial charge in [-0.05, 0) is 6.42 Å². The lowest BCUT2D eigenvalue weighted by Gasteiger charge is -2.36. The predicted octanol–water partition coefficient (Wildman–Crippen LogP) is 1.31. The fourth-order valence-electron chi connectivity index (χ4n) is 1.67. The van der Waals surface area contributed by atoms with E-state index in [0.29, 0.717) is 13.0 Å². The van der Waals surface area contributed by atoms with Gasteiger partial charge in [-0.3, -0.25) is 4.79 Å². The van der Waals surface area contributed by atoms with E-state index in [4.69, 9.17) is 4.74 Å². The zero-order valence-electron chi connectivity index (χ0n) is 8.01. The Hall–Kier alpha value is -0.640. The van der Waals surface area contributed by atoms with Gasteiger partial charge in [0.05, 0.1) is 13.7 Å². The second-order valence-electron chi connectivity index (χ2n) is 3.31. The quantitative estimate of drug-likeness (QED) is 0.616. The number of carbonyl (C=O) groups excluding carboxylic acids is 1. The van der Waals surface area contributed by atoms with Crippen molar-refractivity contribution in [1.82, 2.24) is 0 Å². The van der Waals surface area contributed by atoms with Gasteiger partial charge in [-0.15, -0.1) is 0 Å². The number of hydrogen-bond acceptors (Lipinski definition) is 3. The molecule has 0 aromatic heterocycles. The molecule has 1 rings (SSSR count). The first-order chi connectivity index (χ1) is 6.17. The van der Waals surface area contributed by atoms with Crippen LogP contribution in [0.3, 0.4) is 0 Å². The van der Waals surface area contributed by atoms with Gasteiger partial charge in [0.15, 0.2) is 0 Å². The first-order valence-electron chi connectivity index (χ1n) is 4.47.